The van der Waals surface area contributed by atoms with Gasteiger partial charge in [0.15, 0.2) is 0 Å². The van der Waals surface area contributed by atoms with Crippen LogP contribution in [0.4, 0.5) is 0 Å². The molecular formula is C16H13NO2. The Kier molecular flexibility index (Phi) is 2.60. The molecule has 94 valence electrons. The summed E-state index contributed by atoms with van der Waals surface area (Å²) in [5, 5.41) is 11.0. The fourth-order valence-electron chi connectivity index (χ4n) is 2.36. The average molecular weight is 251 g/mol. The Hall–Kier alpha value is -2.55. The second kappa shape index (κ2) is 4.28. The number of aromatic hydroxyl groups is 1. The molecule has 1 N–H and O–H groups in total. The van der Waals surface area contributed by atoms with Crippen LogP contribution in [0.25, 0.3) is 16.5 Å². The lowest BCUT2D eigenvalue weighted by atomic mass is 10.1. The van der Waals surface area contributed by atoms with Crippen LogP contribution in [0.2, 0.25) is 0 Å². The number of rotatable bonds is 1. The number of para-hydroxylation sites is 1. The van der Waals surface area contributed by atoms with Crippen molar-refractivity contribution in [3.63, 3.8) is 0 Å². The Morgan fingerprint density at radius 1 is 1.00 bits per heavy atom. The van der Waals surface area contributed by atoms with Crippen molar-refractivity contribution in [3.8, 4) is 11.4 Å². The topological polar surface area (TPSA) is 42.2 Å². The molecule has 0 bridgehead atoms. The van der Waals surface area contributed by atoms with Crippen LogP contribution in [-0.2, 0) is 0 Å². The molecule has 1 aromatic heterocycles. The average Bonchev–Trinajstić information content (AvgIpc) is 2.43. The predicted octanol–water partition coefficient (Wildman–Crippen LogP) is 3.00. The molecule has 0 saturated heterocycles. The Bertz CT molecular complexity index is 804. The lowest BCUT2D eigenvalue weighted by Crippen LogP contribution is -2.18. The van der Waals surface area contributed by atoms with Gasteiger partial charge < -0.3 is 5.11 Å². The summed E-state index contributed by atoms with van der Waals surface area (Å²) < 4.78 is 1.61. The molecule has 3 rings (SSSR count). The van der Waals surface area contributed by atoms with Crippen molar-refractivity contribution in [1.29, 1.82) is 0 Å². The van der Waals surface area contributed by atoms with Crippen molar-refractivity contribution in [3.05, 3.63) is 70.6 Å². The largest absolute Gasteiger partial charge is 0.507 e. The number of benzene rings is 2. The zero-order chi connectivity index (χ0) is 13.4. The van der Waals surface area contributed by atoms with Crippen molar-refractivity contribution >= 4 is 10.8 Å². The first-order valence-electron chi connectivity index (χ1n) is 6.08. The van der Waals surface area contributed by atoms with Gasteiger partial charge in [0, 0.05) is 17.3 Å². The molecule has 0 radical (unpaired) electrons. The monoisotopic (exact) mass is 251 g/mol. The lowest BCUT2D eigenvalue weighted by molar-refractivity contribution is 0.481. The zero-order valence-electron chi connectivity index (χ0n) is 10.5. The number of aryl methyl sites for hydroxylation is 1. The number of hydrogen-bond acceptors (Lipinski definition) is 2. The van der Waals surface area contributed by atoms with Crippen molar-refractivity contribution in [2.24, 2.45) is 0 Å². The number of phenolic OH excluding ortho intramolecular Hbond substituents is 1. The van der Waals surface area contributed by atoms with E-state index in [0.29, 0.717) is 10.8 Å². The molecule has 3 heteroatoms. The summed E-state index contributed by atoms with van der Waals surface area (Å²) in [5.41, 5.74) is 1.57. The van der Waals surface area contributed by atoms with Gasteiger partial charge in [0.25, 0.3) is 5.56 Å². The van der Waals surface area contributed by atoms with E-state index in [-0.39, 0.29) is 11.3 Å². The van der Waals surface area contributed by atoms with E-state index in [2.05, 4.69) is 0 Å². The van der Waals surface area contributed by atoms with Crippen LogP contribution in [0.1, 0.15) is 5.56 Å². The third-order valence-corrected chi connectivity index (χ3v) is 3.24. The Labute approximate surface area is 110 Å². The normalized spacial score (nSPS) is 10.8. The van der Waals surface area contributed by atoms with Gasteiger partial charge in [-0.2, -0.15) is 0 Å². The van der Waals surface area contributed by atoms with E-state index >= 15 is 0 Å². The fraction of sp³-hybridized carbons (Fsp3) is 0.0625. The van der Waals surface area contributed by atoms with Crippen LogP contribution in [0.3, 0.4) is 0 Å². The van der Waals surface area contributed by atoms with Gasteiger partial charge in [-0.1, -0.05) is 24.3 Å². The minimum Gasteiger partial charge on any atom is -0.507 e. The maximum absolute atomic E-state index is 12.5. The molecule has 0 atom stereocenters. The van der Waals surface area contributed by atoms with Gasteiger partial charge in [-0.3, -0.25) is 9.36 Å². The van der Waals surface area contributed by atoms with E-state index in [0.717, 1.165) is 11.3 Å². The molecule has 2 aromatic carbocycles. The Balaban J connectivity index is 2.42. The molecule has 3 nitrogen and oxygen atoms in total. The molecule has 0 aliphatic rings. The summed E-state index contributed by atoms with van der Waals surface area (Å²) in [6, 6.07) is 14.5. The number of aromatic nitrogens is 1. The molecule has 0 aliphatic carbocycles. The van der Waals surface area contributed by atoms with Gasteiger partial charge >= 0.3 is 0 Å². The van der Waals surface area contributed by atoms with E-state index in [1.165, 1.54) is 0 Å². The highest BCUT2D eigenvalue weighted by Gasteiger charge is 2.10. The van der Waals surface area contributed by atoms with E-state index in [1.54, 1.807) is 29.0 Å². The number of hydrogen-bond donors (Lipinski definition) is 1. The van der Waals surface area contributed by atoms with Crippen LogP contribution >= 0.6 is 0 Å². The summed E-state index contributed by atoms with van der Waals surface area (Å²) in [6.07, 6.45) is 1.76. The first-order chi connectivity index (χ1) is 9.18. The van der Waals surface area contributed by atoms with Crippen LogP contribution in [-0.4, -0.2) is 9.67 Å². The van der Waals surface area contributed by atoms with Crippen LogP contribution in [0.5, 0.6) is 5.75 Å². The van der Waals surface area contributed by atoms with Gasteiger partial charge in [-0.05, 0) is 36.8 Å². The quantitative estimate of drug-likeness (QED) is 0.722. The SMILES string of the molecule is Cc1cn(-c2ccccc2)c(=O)c2cccc(O)c12. The minimum absolute atomic E-state index is 0.122. The van der Waals surface area contributed by atoms with Gasteiger partial charge in [0.2, 0.25) is 0 Å². The highest BCUT2D eigenvalue weighted by atomic mass is 16.3. The first kappa shape index (κ1) is 11.5. The van der Waals surface area contributed by atoms with Gasteiger partial charge in [-0.25, -0.2) is 0 Å². The first-order valence-corrected chi connectivity index (χ1v) is 6.08. The highest BCUT2D eigenvalue weighted by Crippen LogP contribution is 2.25. The fourth-order valence-corrected chi connectivity index (χ4v) is 2.36. The molecule has 0 amide bonds. The number of phenols is 1. The maximum atomic E-state index is 12.5. The zero-order valence-corrected chi connectivity index (χ0v) is 10.5. The van der Waals surface area contributed by atoms with Crippen LogP contribution < -0.4 is 5.56 Å². The van der Waals surface area contributed by atoms with Gasteiger partial charge in [0.05, 0.1) is 5.39 Å². The smallest absolute Gasteiger partial charge is 0.263 e. The van der Waals surface area contributed by atoms with E-state index < -0.39 is 0 Å². The van der Waals surface area contributed by atoms with Crippen molar-refractivity contribution in [2.75, 3.05) is 0 Å². The molecule has 0 unspecified atom stereocenters. The third kappa shape index (κ3) is 1.80. The Morgan fingerprint density at radius 3 is 2.47 bits per heavy atom. The van der Waals surface area contributed by atoms with Crippen molar-refractivity contribution < 1.29 is 5.11 Å². The molecule has 0 saturated carbocycles. The third-order valence-electron chi connectivity index (χ3n) is 3.24. The van der Waals surface area contributed by atoms with Gasteiger partial charge in [0.1, 0.15) is 5.75 Å². The molecule has 0 spiro atoms. The van der Waals surface area contributed by atoms with Crippen molar-refractivity contribution in [1.82, 2.24) is 4.57 Å². The minimum atomic E-state index is -0.122. The molecule has 0 fully saturated rings. The molecule has 1 heterocycles. The molecular weight excluding hydrogens is 238 g/mol. The molecule has 3 aromatic rings. The predicted molar refractivity (Wildman–Crippen MR) is 75.9 cm³/mol. The maximum Gasteiger partial charge on any atom is 0.263 e. The number of nitrogens with zero attached hydrogens (tertiary/aromatic N) is 1. The summed E-state index contributed by atoms with van der Waals surface area (Å²) >= 11 is 0. The molecule has 19 heavy (non-hydrogen) atoms. The molecule has 0 aliphatic heterocycles. The van der Waals surface area contributed by atoms with E-state index in [4.69, 9.17) is 0 Å². The van der Waals surface area contributed by atoms with Gasteiger partial charge in [-0.15, -0.1) is 0 Å². The summed E-state index contributed by atoms with van der Waals surface area (Å²) in [7, 11) is 0. The number of pyridine rings is 1. The summed E-state index contributed by atoms with van der Waals surface area (Å²) in [5.74, 6) is 0.146. The standard InChI is InChI=1S/C16H13NO2/c1-11-10-17(12-6-3-2-4-7-12)16(19)13-8-5-9-14(18)15(11)13/h2-10,18H,1H3. The summed E-state index contributed by atoms with van der Waals surface area (Å²) in [6.45, 7) is 1.89. The van der Waals surface area contributed by atoms with Crippen LogP contribution in [0.15, 0.2) is 59.5 Å². The second-order valence-corrected chi connectivity index (χ2v) is 4.52. The Morgan fingerprint density at radius 2 is 1.74 bits per heavy atom. The van der Waals surface area contributed by atoms with Crippen LogP contribution in [0, 0.1) is 6.92 Å². The highest BCUT2D eigenvalue weighted by molar-refractivity contribution is 5.90. The number of fused-ring (bicyclic) bond motifs is 1. The van der Waals surface area contributed by atoms with E-state index in [9.17, 15) is 9.90 Å². The summed E-state index contributed by atoms with van der Waals surface area (Å²) in [4.78, 5) is 12.5. The van der Waals surface area contributed by atoms with Crippen molar-refractivity contribution in [2.45, 2.75) is 6.92 Å². The van der Waals surface area contributed by atoms with E-state index in [1.807, 2.05) is 37.3 Å². The lowest BCUT2D eigenvalue weighted by Gasteiger charge is -2.10. The second-order valence-electron chi connectivity index (χ2n) is 4.52.